The molecular formula is C18H14N2O4. The minimum atomic E-state index is -0.437. The van der Waals surface area contributed by atoms with Crippen LogP contribution < -0.4 is 4.74 Å². The number of nitro groups is 1. The smallest absolute Gasteiger partial charge is 0.295 e. The van der Waals surface area contributed by atoms with E-state index < -0.39 is 4.92 Å². The molecule has 0 aliphatic carbocycles. The standard InChI is InChI=1S/C18H14N2O4/c1-24-17-11-12(6-10-16(17)21)5-8-14-9-7-13-3-2-4-15(20(22)23)18(13)19-14/h2-11,21H,1H3. The Labute approximate surface area is 137 Å². The fourth-order valence-corrected chi connectivity index (χ4v) is 2.37. The van der Waals surface area contributed by atoms with E-state index in [1.165, 1.54) is 19.2 Å². The molecule has 0 aliphatic rings. The number of aromatic nitrogens is 1. The molecule has 1 heterocycles. The molecule has 1 aromatic heterocycles. The number of nitrogens with zero attached hydrogens (tertiary/aromatic N) is 2. The number of methoxy groups -OCH3 is 1. The van der Waals surface area contributed by atoms with Gasteiger partial charge < -0.3 is 9.84 Å². The van der Waals surface area contributed by atoms with E-state index in [9.17, 15) is 15.2 Å². The zero-order valence-electron chi connectivity index (χ0n) is 12.8. The highest BCUT2D eigenvalue weighted by Gasteiger charge is 2.12. The van der Waals surface area contributed by atoms with Gasteiger partial charge in [0.2, 0.25) is 0 Å². The second kappa shape index (κ2) is 6.37. The highest BCUT2D eigenvalue weighted by atomic mass is 16.6. The molecule has 1 N–H and O–H groups in total. The zero-order valence-corrected chi connectivity index (χ0v) is 12.8. The minimum Gasteiger partial charge on any atom is -0.504 e. The van der Waals surface area contributed by atoms with Gasteiger partial charge in [0.15, 0.2) is 11.5 Å². The summed E-state index contributed by atoms with van der Waals surface area (Å²) < 4.78 is 5.06. The molecule has 0 atom stereocenters. The monoisotopic (exact) mass is 322 g/mol. The van der Waals surface area contributed by atoms with Crippen molar-refractivity contribution in [1.82, 2.24) is 4.98 Å². The molecule has 0 spiro atoms. The molecule has 0 saturated carbocycles. The third-order valence-corrected chi connectivity index (χ3v) is 3.57. The molecule has 120 valence electrons. The number of rotatable bonds is 4. The summed E-state index contributed by atoms with van der Waals surface area (Å²) in [5, 5.41) is 21.4. The zero-order chi connectivity index (χ0) is 17.1. The van der Waals surface area contributed by atoms with Crippen molar-refractivity contribution in [2.45, 2.75) is 0 Å². The van der Waals surface area contributed by atoms with E-state index in [1.807, 2.05) is 0 Å². The summed E-state index contributed by atoms with van der Waals surface area (Å²) in [5.74, 6) is 0.438. The predicted molar refractivity (Wildman–Crippen MR) is 92.0 cm³/mol. The number of phenols is 1. The Morgan fingerprint density at radius 1 is 1.17 bits per heavy atom. The Balaban J connectivity index is 1.98. The van der Waals surface area contributed by atoms with E-state index in [4.69, 9.17) is 4.74 Å². The molecule has 3 rings (SSSR count). The molecule has 0 amide bonds. The van der Waals surface area contributed by atoms with Crippen LogP contribution in [0.15, 0.2) is 48.5 Å². The number of hydrogen-bond donors (Lipinski definition) is 1. The lowest BCUT2D eigenvalue weighted by atomic mass is 10.1. The van der Waals surface area contributed by atoms with Crippen molar-refractivity contribution < 1.29 is 14.8 Å². The molecule has 0 radical (unpaired) electrons. The Hall–Kier alpha value is -3.41. The van der Waals surface area contributed by atoms with E-state index in [0.717, 1.165) is 5.56 Å². The Kier molecular flexibility index (Phi) is 4.11. The number of para-hydroxylation sites is 1. The molecule has 6 nitrogen and oxygen atoms in total. The van der Waals surface area contributed by atoms with Crippen molar-refractivity contribution in [2.24, 2.45) is 0 Å². The van der Waals surface area contributed by atoms with Crippen LogP contribution in [0.1, 0.15) is 11.3 Å². The van der Waals surface area contributed by atoms with Crippen LogP contribution in [-0.2, 0) is 0 Å². The van der Waals surface area contributed by atoms with Gasteiger partial charge in [-0.25, -0.2) is 4.98 Å². The lowest BCUT2D eigenvalue weighted by Gasteiger charge is -2.04. The average molecular weight is 322 g/mol. The number of non-ortho nitro benzene ring substituents is 1. The fraction of sp³-hybridized carbons (Fsp3) is 0.0556. The normalized spacial score (nSPS) is 11.0. The maximum Gasteiger partial charge on any atom is 0.295 e. The summed E-state index contributed by atoms with van der Waals surface area (Å²) in [6, 6.07) is 13.4. The number of fused-ring (bicyclic) bond motifs is 1. The molecule has 0 bridgehead atoms. The molecule has 6 heteroatoms. The molecule has 0 unspecified atom stereocenters. The van der Waals surface area contributed by atoms with Crippen LogP contribution in [0.25, 0.3) is 23.1 Å². The summed E-state index contributed by atoms with van der Waals surface area (Å²) in [6.45, 7) is 0. The topological polar surface area (TPSA) is 85.5 Å². The number of benzene rings is 2. The summed E-state index contributed by atoms with van der Waals surface area (Å²) in [6.07, 6.45) is 3.55. The third-order valence-electron chi connectivity index (χ3n) is 3.57. The summed E-state index contributed by atoms with van der Waals surface area (Å²) in [7, 11) is 1.48. The molecule has 3 aromatic rings. The van der Waals surface area contributed by atoms with Gasteiger partial charge in [-0.2, -0.15) is 0 Å². The Morgan fingerprint density at radius 3 is 2.75 bits per heavy atom. The minimum absolute atomic E-state index is 0.0194. The van der Waals surface area contributed by atoms with E-state index in [-0.39, 0.29) is 11.4 Å². The first-order valence-electron chi connectivity index (χ1n) is 7.18. The van der Waals surface area contributed by atoms with E-state index in [1.54, 1.807) is 48.6 Å². The van der Waals surface area contributed by atoms with Gasteiger partial charge in [0, 0.05) is 11.5 Å². The van der Waals surface area contributed by atoms with Crippen LogP contribution >= 0.6 is 0 Å². The Morgan fingerprint density at radius 2 is 2.00 bits per heavy atom. The van der Waals surface area contributed by atoms with Gasteiger partial charge in [-0.1, -0.05) is 30.3 Å². The van der Waals surface area contributed by atoms with E-state index >= 15 is 0 Å². The summed E-state index contributed by atoms with van der Waals surface area (Å²) >= 11 is 0. The van der Waals surface area contributed by atoms with E-state index in [0.29, 0.717) is 22.3 Å². The predicted octanol–water partition coefficient (Wildman–Crippen LogP) is 4.03. The average Bonchev–Trinajstić information content (AvgIpc) is 2.60. The second-order valence-electron chi connectivity index (χ2n) is 5.11. The molecule has 0 fully saturated rings. The SMILES string of the molecule is COc1cc(C=Cc2ccc3cccc([N+](=O)[O-])c3n2)ccc1O. The van der Waals surface area contributed by atoms with Crippen molar-refractivity contribution in [2.75, 3.05) is 7.11 Å². The molecule has 24 heavy (non-hydrogen) atoms. The van der Waals surface area contributed by atoms with Gasteiger partial charge in [0.1, 0.15) is 5.52 Å². The molecule has 2 aromatic carbocycles. The van der Waals surface area contributed by atoms with E-state index in [2.05, 4.69) is 4.98 Å². The van der Waals surface area contributed by atoms with Crippen LogP contribution in [0.5, 0.6) is 11.5 Å². The summed E-state index contributed by atoms with van der Waals surface area (Å²) in [5.41, 5.74) is 1.75. The maximum absolute atomic E-state index is 11.1. The van der Waals surface area contributed by atoms with Gasteiger partial charge in [0.25, 0.3) is 5.69 Å². The lowest BCUT2D eigenvalue weighted by molar-refractivity contribution is -0.383. The number of ether oxygens (including phenoxy) is 1. The van der Waals surface area contributed by atoms with Gasteiger partial charge >= 0.3 is 0 Å². The first-order chi connectivity index (χ1) is 11.6. The first-order valence-corrected chi connectivity index (χ1v) is 7.18. The van der Waals surface area contributed by atoms with Crippen molar-refractivity contribution in [3.8, 4) is 11.5 Å². The van der Waals surface area contributed by atoms with Gasteiger partial charge in [0.05, 0.1) is 17.7 Å². The van der Waals surface area contributed by atoms with Crippen molar-refractivity contribution in [1.29, 1.82) is 0 Å². The van der Waals surface area contributed by atoms with Crippen LogP contribution in [-0.4, -0.2) is 22.1 Å². The van der Waals surface area contributed by atoms with Gasteiger partial charge in [-0.15, -0.1) is 0 Å². The third kappa shape index (κ3) is 3.03. The molecule has 0 aliphatic heterocycles. The highest BCUT2D eigenvalue weighted by molar-refractivity contribution is 5.88. The largest absolute Gasteiger partial charge is 0.504 e. The molecule has 0 saturated heterocycles. The highest BCUT2D eigenvalue weighted by Crippen LogP contribution is 2.27. The maximum atomic E-state index is 11.1. The second-order valence-corrected chi connectivity index (χ2v) is 5.11. The van der Waals surface area contributed by atoms with Crippen molar-refractivity contribution in [3.05, 3.63) is 69.9 Å². The fourth-order valence-electron chi connectivity index (χ4n) is 2.37. The van der Waals surface area contributed by atoms with Gasteiger partial charge in [-0.05, 0) is 29.8 Å². The van der Waals surface area contributed by atoms with Crippen molar-refractivity contribution >= 4 is 28.7 Å². The number of pyridine rings is 1. The quantitative estimate of drug-likeness (QED) is 0.579. The number of hydrogen-bond acceptors (Lipinski definition) is 5. The van der Waals surface area contributed by atoms with Crippen LogP contribution in [0.4, 0.5) is 5.69 Å². The number of nitro benzene ring substituents is 1. The van der Waals surface area contributed by atoms with Gasteiger partial charge in [-0.3, -0.25) is 10.1 Å². The Bertz CT molecular complexity index is 951. The molecular weight excluding hydrogens is 308 g/mol. The first kappa shape index (κ1) is 15.5. The number of aromatic hydroxyl groups is 1. The van der Waals surface area contributed by atoms with Crippen molar-refractivity contribution in [3.63, 3.8) is 0 Å². The lowest BCUT2D eigenvalue weighted by Crippen LogP contribution is -1.92. The van der Waals surface area contributed by atoms with Crippen LogP contribution in [0.3, 0.4) is 0 Å². The number of phenolic OH excluding ortho intramolecular Hbond substituents is 1. The summed E-state index contributed by atoms with van der Waals surface area (Å²) in [4.78, 5) is 15.0. The van der Waals surface area contributed by atoms with Crippen LogP contribution in [0.2, 0.25) is 0 Å². The van der Waals surface area contributed by atoms with Crippen LogP contribution in [0, 0.1) is 10.1 Å².